The van der Waals surface area contributed by atoms with Crippen LogP contribution in [0.15, 0.2) is 0 Å². The lowest BCUT2D eigenvalue weighted by Gasteiger charge is -2.25. The summed E-state index contributed by atoms with van der Waals surface area (Å²) in [5.41, 5.74) is 5.63. The van der Waals surface area contributed by atoms with E-state index in [0.717, 1.165) is 13.0 Å². The number of hydrogen-bond acceptors (Lipinski definition) is 2. The highest BCUT2D eigenvalue weighted by Crippen LogP contribution is 2.22. The van der Waals surface area contributed by atoms with Gasteiger partial charge in [-0.1, -0.05) is 6.92 Å². The van der Waals surface area contributed by atoms with Gasteiger partial charge in [-0.3, -0.25) is 0 Å². The SMILES string of the molecule is CCNC(=O)N1CCC(C)C1CN. The van der Waals surface area contributed by atoms with Gasteiger partial charge in [0.2, 0.25) is 0 Å². The van der Waals surface area contributed by atoms with Gasteiger partial charge in [-0.2, -0.15) is 0 Å². The first-order valence-electron chi connectivity index (χ1n) is 4.95. The van der Waals surface area contributed by atoms with Crippen LogP contribution in [0.1, 0.15) is 20.3 Å². The Labute approximate surface area is 79.5 Å². The van der Waals surface area contributed by atoms with Crippen LogP contribution < -0.4 is 11.1 Å². The standard InChI is InChI=1S/C9H19N3O/c1-3-11-9(13)12-5-4-7(2)8(12)6-10/h7-8H,3-6,10H2,1-2H3,(H,11,13). The topological polar surface area (TPSA) is 58.4 Å². The molecule has 1 aliphatic rings. The number of amides is 2. The number of urea groups is 1. The van der Waals surface area contributed by atoms with Crippen molar-refractivity contribution in [2.75, 3.05) is 19.6 Å². The average molecular weight is 185 g/mol. The van der Waals surface area contributed by atoms with Crippen molar-refractivity contribution < 1.29 is 4.79 Å². The van der Waals surface area contributed by atoms with Crippen LogP contribution in [0.2, 0.25) is 0 Å². The van der Waals surface area contributed by atoms with Crippen molar-refractivity contribution in [3.63, 3.8) is 0 Å². The van der Waals surface area contributed by atoms with E-state index in [1.165, 1.54) is 0 Å². The lowest BCUT2D eigenvalue weighted by Crippen LogP contribution is -2.47. The molecule has 0 aliphatic carbocycles. The van der Waals surface area contributed by atoms with E-state index in [9.17, 15) is 4.79 Å². The van der Waals surface area contributed by atoms with Gasteiger partial charge in [-0.25, -0.2) is 4.79 Å². The zero-order valence-electron chi connectivity index (χ0n) is 8.42. The van der Waals surface area contributed by atoms with Crippen molar-refractivity contribution in [2.45, 2.75) is 26.3 Å². The molecule has 0 bridgehead atoms. The normalized spacial score (nSPS) is 27.8. The summed E-state index contributed by atoms with van der Waals surface area (Å²) in [7, 11) is 0. The van der Waals surface area contributed by atoms with Gasteiger partial charge in [0.1, 0.15) is 0 Å². The molecule has 1 fully saturated rings. The third-order valence-electron chi connectivity index (χ3n) is 2.71. The minimum atomic E-state index is 0.0299. The van der Waals surface area contributed by atoms with Gasteiger partial charge in [0.25, 0.3) is 0 Å². The van der Waals surface area contributed by atoms with E-state index in [2.05, 4.69) is 12.2 Å². The van der Waals surface area contributed by atoms with Crippen molar-refractivity contribution in [1.82, 2.24) is 10.2 Å². The molecular formula is C9H19N3O. The molecule has 1 rings (SSSR count). The molecule has 76 valence electrons. The summed E-state index contributed by atoms with van der Waals surface area (Å²) in [5, 5.41) is 2.80. The summed E-state index contributed by atoms with van der Waals surface area (Å²) in [6.07, 6.45) is 1.07. The van der Waals surface area contributed by atoms with E-state index in [0.29, 0.717) is 19.0 Å². The summed E-state index contributed by atoms with van der Waals surface area (Å²) in [5.74, 6) is 0.535. The number of carbonyl (C=O) groups excluding carboxylic acids is 1. The molecule has 2 unspecified atom stereocenters. The molecular weight excluding hydrogens is 166 g/mol. The smallest absolute Gasteiger partial charge is 0.317 e. The van der Waals surface area contributed by atoms with Crippen molar-refractivity contribution in [2.24, 2.45) is 11.7 Å². The zero-order valence-corrected chi connectivity index (χ0v) is 8.42. The predicted molar refractivity (Wildman–Crippen MR) is 52.4 cm³/mol. The number of likely N-dealkylation sites (tertiary alicyclic amines) is 1. The van der Waals surface area contributed by atoms with Crippen LogP contribution >= 0.6 is 0 Å². The molecule has 0 spiro atoms. The van der Waals surface area contributed by atoms with Crippen molar-refractivity contribution in [3.8, 4) is 0 Å². The average Bonchev–Trinajstić information content (AvgIpc) is 2.47. The van der Waals surface area contributed by atoms with Gasteiger partial charge in [-0.15, -0.1) is 0 Å². The molecule has 0 aromatic rings. The second-order valence-electron chi connectivity index (χ2n) is 3.60. The Balaban J connectivity index is 2.54. The summed E-state index contributed by atoms with van der Waals surface area (Å²) in [6.45, 7) is 6.17. The van der Waals surface area contributed by atoms with E-state index in [1.54, 1.807) is 0 Å². The number of nitrogens with two attached hydrogens (primary N) is 1. The number of nitrogens with one attached hydrogen (secondary N) is 1. The molecule has 3 N–H and O–H groups in total. The molecule has 2 atom stereocenters. The number of hydrogen-bond donors (Lipinski definition) is 2. The van der Waals surface area contributed by atoms with E-state index in [1.807, 2.05) is 11.8 Å². The Hall–Kier alpha value is -0.770. The Kier molecular flexibility index (Phi) is 3.54. The molecule has 1 aliphatic heterocycles. The molecule has 0 radical (unpaired) electrons. The first-order valence-corrected chi connectivity index (χ1v) is 4.95. The van der Waals surface area contributed by atoms with Crippen molar-refractivity contribution in [3.05, 3.63) is 0 Å². The first kappa shape index (κ1) is 10.3. The van der Waals surface area contributed by atoms with Crippen LogP contribution in [-0.4, -0.2) is 36.6 Å². The van der Waals surface area contributed by atoms with E-state index in [4.69, 9.17) is 5.73 Å². The third kappa shape index (κ3) is 2.12. The largest absolute Gasteiger partial charge is 0.338 e. The number of carbonyl (C=O) groups is 1. The van der Waals surface area contributed by atoms with Crippen LogP contribution in [0.5, 0.6) is 0 Å². The molecule has 2 amide bonds. The van der Waals surface area contributed by atoms with Crippen LogP contribution in [-0.2, 0) is 0 Å². The Morgan fingerprint density at radius 2 is 2.38 bits per heavy atom. The molecule has 13 heavy (non-hydrogen) atoms. The monoisotopic (exact) mass is 185 g/mol. The van der Waals surface area contributed by atoms with E-state index < -0.39 is 0 Å². The summed E-state index contributed by atoms with van der Waals surface area (Å²) < 4.78 is 0. The maximum Gasteiger partial charge on any atom is 0.317 e. The number of nitrogens with zero attached hydrogens (tertiary/aromatic N) is 1. The minimum absolute atomic E-state index is 0.0299. The van der Waals surface area contributed by atoms with Gasteiger partial charge < -0.3 is 16.0 Å². The quantitative estimate of drug-likeness (QED) is 0.653. The summed E-state index contributed by atoms with van der Waals surface area (Å²) >= 11 is 0. The third-order valence-corrected chi connectivity index (χ3v) is 2.71. The maximum atomic E-state index is 11.5. The van der Waals surface area contributed by atoms with Crippen molar-refractivity contribution in [1.29, 1.82) is 0 Å². The van der Waals surface area contributed by atoms with Crippen LogP contribution in [0.4, 0.5) is 4.79 Å². The second kappa shape index (κ2) is 4.46. The minimum Gasteiger partial charge on any atom is -0.338 e. The molecule has 1 heterocycles. The van der Waals surface area contributed by atoms with E-state index in [-0.39, 0.29) is 12.1 Å². The maximum absolute atomic E-state index is 11.5. The Morgan fingerprint density at radius 1 is 1.69 bits per heavy atom. The number of rotatable bonds is 2. The van der Waals surface area contributed by atoms with Gasteiger partial charge in [0, 0.05) is 25.7 Å². The Morgan fingerprint density at radius 3 is 2.92 bits per heavy atom. The summed E-state index contributed by atoms with van der Waals surface area (Å²) in [6, 6.07) is 0.258. The van der Waals surface area contributed by atoms with E-state index >= 15 is 0 Å². The van der Waals surface area contributed by atoms with Crippen LogP contribution in [0.3, 0.4) is 0 Å². The lowest BCUT2D eigenvalue weighted by molar-refractivity contribution is 0.189. The lowest BCUT2D eigenvalue weighted by atomic mass is 10.0. The predicted octanol–water partition coefficient (Wildman–Crippen LogP) is 0.385. The highest BCUT2D eigenvalue weighted by atomic mass is 16.2. The van der Waals surface area contributed by atoms with Gasteiger partial charge in [-0.05, 0) is 19.3 Å². The van der Waals surface area contributed by atoms with Crippen LogP contribution in [0.25, 0.3) is 0 Å². The fourth-order valence-corrected chi connectivity index (χ4v) is 1.87. The second-order valence-corrected chi connectivity index (χ2v) is 3.60. The molecule has 4 heteroatoms. The highest BCUT2D eigenvalue weighted by molar-refractivity contribution is 5.74. The highest BCUT2D eigenvalue weighted by Gasteiger charge is 2.32. The van der Waals surface area contributed by atoms with Gasteiger partial charge in [0.05, 0.1) is 0 Å². The molecule has 1 saturated heterocycles. The molecule has 0 aromatic heterocycles. The fraction of sp³-hybridized carbons (Fsp3) is 0.889. The Bertz CT molecular complexity index is 184. The van der Waals surface area contributed by atoms with Gasteiger partial charge in [0.15, 0.2) is 0 Å². The van der Waals surface area contributed by atoms with Crippen molar-refractivity contribution >= 4 is 6.03 Å². The molecule has 0 saturated carbocycles. The van der Waals surface area contributed by atoms with Gasteiger partial charge >= 0.3 is 6.03 Å². The molecule has 4 nitrogen and oxygen atoms in total. The zero-order chi connectivity index (χ0) is 9.84. The molecule has 0 aromatic carbocycles. The summed E-state index contributed by atoms with van der Waals surface area (Å²) in [4.78, 5) is 13.4. The first-order chi connectivity index (χ1) is 6.20. The van der Waals surface area contributed by atoms with Crippen LogP contribution in [0, 0.1) is 5.92 Å². The fourth-order valence-electron chi connectivity index (χ4n) is 1.87.